The van der Waals surface area contributed by atoms with Crippen LogP contribution in [-0.4, -0.2) is 58.5 Å². The van der Waals surface area contributed by atoms with Crippen molar-refractivity contribution in [2.24, 2.45) is 7.05 Å². The van der Waals surface area contributed by atoms with Gasteiger partial charge in [0.2, 0.25) is 5.91 Å². The average molecular weight is 264 g/mol. The molecule has 5 heteroatoms. The Morgan fingerprint density at radius 3 is 2.79 bits per heavy atom. The summed E-state index contributed by atoms with van der Waals surface area (Å²) in [7, 11) is 3.90. The van der Waals surface area contributed by atoms with Gasteiger partial charge in [0.05, 0.1) is 6.54 Å². The highest BCUT2D eigenvalue weighted by Crippen LogP contribution is 2.07. The van der Waals surface area contributed by atoms with Gasteiger partial charge in [0.1, 0.15) is 5.82 Å². The van der Waals surface area contributed by atoms with Crippen LogP contribution in [0.3, 0.4) is 0 Å². The van der Waals surface area contributed by atoms with E-state index in [1.807, 2.05) is 36.0 Å². The van der Waals surface area contributed by atoms with Crippen molar-refractivity contribution in [3.8, 4) is 0 Å². The molecule has 0 aromatic carbocycles. The van der Waals surface area contributed by atoms with Crippen molar-refractivity contribution in [2.75, 3.05) is 33.2 Å². The molecular formula is C14H24N4O. The van der Waals surface area contributed by atoms with Crippen molar-refractivity contribution in [1.29, 1.82) is 0 Å². The monoisotopic (exact) mass is 264 g/mol. The van der Waals surface area contributed by atoms with Gasteiger partial charge < -0.3 is 9.47 Å². The Hall–Kier alpha value is -1.36. The summed E-state index contributed by atoms with van der Waals surface area (Å²) < 4.78 is 2.03. The Kier molecular flexibility index (Phi) is 4.96. The van der Waals surface area contributed by atoms with E-state index in [-0.39, 0.29) is 5.91 Å². The van der Waals surface area contributed by atoms with Gasteiger partial charge in [-0.05, 0) is 32.4 Å². The number of nitrogens with zero attached hydrogens (tertiary/aromatic N) is 4. The maximum absolute atomic E-state index is 12.0. The fourth-order valence-corrected chi connectivity index (χ4v) is 2.49. The SMILES string of the molecule is CN(CCCc1nccn1C)C(=O)CN1CCCC1. The molecule has 1 fully saturated rings. The molecule has 2 heterocycles. The highest BCUT2D eigenvalue weighted by atomic mass is 16.2. The van der Waals surface area contributed by atoms with Gasteiger partial charge in [0, 0.05) is 39.5 Å². The summed E-state index contributed by atoms with van der Waals surface area (Å²) in [5.41, 5.74) is 0. The molecule has 0 bridgehead atoms. The minimum Gasteiger partial charge on any atom is -0.345 e. The molecule has 1 aliphatic heterocycles. The average Bonchev–Trinajstić information content (AvgIpc) is 3.02. The van der Waals surface area contributed by atoms with E-state index in [2.05, 4.69) is 9.88 Å². The molecule has 1 amide bonds. The van der Waals surface area contributed by atoms with Crippen molar-refractivity contribution in [2.45, 2.75) is 25.7 Å². The second-order valence-corrected chi connectivity index (χ2v) is 5.36. The lowest BCUT2D eigenvalue weighted by atomic mass is 10.3. The first-order valence-electron chi connectivity index (χ1n) is 7.09. The maximum Gasteiger partial charge on any atom is 0.236 e. The molecule has 0 saturated carbocycles. The number of carbonyl (C=O) groups excluding carboxylic acids is 1. The Morgan fingerprint density at radius 1 is 1.42 bits per heavy atom. The van der Waals surface area contributed by atoms with E-state index in [1.54, 1.807) is 0 Å². The van der Waals surface area contributed by atoms with Crippen LogP contribution in [-0.2, 0) is 18.3 Å². The highest BCUT2D eigenvalue weighted by Gasteiger charge is 2.17. The maximum atomic E-state index is 12.0. The molecule has 0 aliphatic carbocycles. The summed E-state index contributed by atoms with van der Waals surface area (Å²) in [6, 6.07) is 0. The third-order valence-corrected chi connectivity index (χ3v) is 3.80. The molecule has 106 valence electrons. The fourth-order valence-electron chi connectivity index (χ4n) is 2.49. The van der Waals surface area contributed by atoms with Crippen molar-refractivity contribution in [3.63, 3.8) is 0 Å². The molecule has 1 aliphatic rings. The van der Waals surface area contributed by atoms with E-state index in [0.717, 1.165) is 38.3 Å². The van der Waals surface area contributed by atoms with Crippen molar-refractivity contribution in [1.82, 2.24) is 19.4 Å². The topological polar surface area (TPSA) is 41.4 Å². The number of aromatic nitrogens is 2. The Labute approximate surface area is 115 Å². The number of likely N-dealkylation sites (N-methyl/N-ethyl adjacent to an activating group) is 1. The van der Waals surface area contributed by atoms with Gasteiger partial charge in [-0.25, -0.2) is 4.98 Å². The van der Waals surface area contributed by atoms with Crippen LogP contribution < -0.4 is 0 Å². The smallest absolute Gasteiger partial charge is 0.236 e. The standard InChI is InChI=1S/C14H24N4O/c1-16-11-7-15-13(16)6-5-8-17(2)14(19)12-18-9-3-4-10-18/h7,11H,3-6,8-10,12H2,1-2H3. The van der Waals surface area contributed by atoms with E-state index in [4.69, 9.17) is 0 Å². The molecule has 0 unspecified atom stereocenters. The second-order valence-electron chi connectivity index (χ2n) is 5.36. The van der Waals surface area contributed by atoms with E-state index >= 15 is 0 Å². The van der Waals surface area contributed by atoms with Crippen molar-refractivity contribution in [3.05, 3.63) is 18.2 Å². The summed E-state index contributed by atoms with van der Waals surface area (Å²) >= 11 is 0. The minimum absolute atomic E-state index is 0.238. The van der Waals surface area contributed by atoms with Crippen LogP contribution in [0.5, 0.6) is 0 Å². The van der Waals surface area contributed by atoms with E-state index in [1.165, 1.54) is 12.8 Å². The number of likely N-dealkylation sites (tertiary alicyclic amines) is 1. The van der Waals surface area contributed by atoms with Gasteiger partial charge in [-0.15, -0.1) is 0 Å². The Balaban J connectivity index is 1.67. The van der Waals surface area contributed by atoms with E-state index in [0.29, 0.717) is 6.54 Å². The van der Waals surface area contributed by atoms with E-state index in [9.17, 15) is 4.79 Å². The predicted molar refractivity (Wildman–Crippen MR) is 74.8 cm³/mol. The zero-order valence-electron chi connectivity index (χ0n) is 12.0. The number of imidazole rings is 1. The van der Waals surface area contributed by atoms with Crippen LogP contribution in [0, 0.1) is 0 Å². The first-order chi connectivity index (χ1) is 9.16. The molecule has 5 nitrogen and oxygen atoms in total. The number of rotatable bonds is 6. The molecular weight excluding hydrogens is 240 g/mol. The van der Waals surface area contributed by atoms with Crippen LogP contribution in [0.4, 0.5) is 0 Å². The minimum atomic E-state index is 0.238. The summed E-state index contributed by atoms with van der Waals surface area (Å²) in [6.45, 7) is 3.54. The first kappa shape index (κ1) is 14.1. The molecule has 0 radical (unpaired) electrons. The molecule has 0 spiro atoms. The van der Waals surface area contributed by atoms with Crippen LogP contribution in [0.2, 0.25) is 0 Å². The lowest BCUT2D eigenvalue weighted by Crippen LogP contribution is -2.37. The molecule has 2 rings (SSSR count). The van der Waals surface area contributed by atoms with Crippen LogP contribution >= 0.6 is 0 Å². The number of hydrogen-bond donors (Lipinski definition) is 0. The Bertz CT molecular complexity index is 409. The van der Waals surface area contributed by atoms with Gasteiger partial charge in [-0.3, -0.25) is 9.69 Å². The lowest BCUT2D eigenvalue weighted by molar-refractivity contribution is -0.130. The van der Waals surface area contributed by atoms with Gasteiger partial charge in [-0.1, -0.05) is 0 Å². The van der Waals surface area contributed by atoms with Crippen LogP contribution in [0.15, 0.2) is 12.4 Å². The summed E-state index contributed by atoms with van der Waals surface area (Å²) in [4.78, 5) is 20.4. The molecule has 19 heavy (non-hydrogen) atoms. The molecule has 1 saturated heterocycles. The molecule has 1 aromatic rings. The predicted octanol–water partition coefficient (Wildman–Crippen LogP) is 0.907. The second kappa shape index (κ2) is 6.70. The quantitative estimate of drug-likeness (QED) is 0.767. The normalized spacial score (nSPS) is 15.9. The van der Waals surface area contributed by atoms with Gasteiger partial charge in [0.15, 0.2) is 0 Å². The number of aryl methyl sites for hydroxylation is 2. The first-order valence-corrected chi connectivity index (χ1v) is 7.09. The largest absolute Gasteiger partial charge is 0.345 e. The summed E-state index contributed by atoms with van der Waals surface area (Å²) in [6.07, 6.45) is 8.12. The zero-order valence-corrected chi connectivity index (χ0v) is 12.0. The molecule has 0 N–H and O–H groups in total. The van der Waals surface area contributed by atoms with Crippen molar-refractivity contribution < 1.29 is 4.79 Å². The highest BCUT2D eigenvalue weighted by molar-refractivity contribution is 5.77. The van der Waals surface area contributed by atoms with Gasteiger partial charge >= 0.3 is 0 Å². The molecule has 1 aromatic heterocycles. The lowest BCUT2D eigenvalue weighted by Gasteiger charge is -2.21. The summed E-state index contributed by atoms with van der Waals surface area (Å²) in [5.74, 6) is 1.32. The van der Waals surface area contributed by atoms with Gasteiger partial charge in [-0.2, -0.15) is 0 Å². The van der Waals surface area contributed by atoms with E-state index < -0.39 is 0 Å². The van der Waals surface area contributed by atoms with Gasteiger partial charge in [0.25, 0.3) is 0 Å². The number of hydrogen-bond acceptors (Lipinski definition) is 3. The third-order valence-electron chi connectivity index (χ3n) is 3.80. The van der Waals surface area contributed by atoms with Crippen LogP contribution in [0.25, 0.3) is 0 Å². The third kappa shape index (κ3) is 4.06. The zero-order chi connectivity index (χ0) is 13.7. The molecule has 0 atom stereocenters. The van der Waals surface area contributed by atoms with Crippen LogP contribution in [0.1, 0.15) is 25.1 Å². The fraction of sp³-hybridized carbons (Fsp3) is 0.714. The number of amides is 1. The summed E-state index contributed by atoms with van der Waals surface area (Å²) in [5, 5.41) is 0. The Morgan fingerprint density at radius 2 is 2.16 bits per heavy atom. The van der Waals surface area contributed by atoms with Crippen molar-refractivity contribution >= 4 is 5.91 Å². The number of carbonyl (C=O) groups is 1.